The Morgan fingerprint density at radius 1 is 1.31 bits per heavy atom. The van der Waals surface area contributed by atoms with E-state index in [-0.39, 0.29) is 0 Å². The molecule has 0 aliphatic rings. The highest BCUT2D eigenvalue weighted by molar-refractivity contribution is 7.16. The Morgan fingerprint density at radius 3 is 2.75 bits per heavy atom. The van der Waals surface area contributed by atoms with Gasteiger partial charge in [0.05, 0.1) is 10.2 Å². The molecule has 3 nitrogen and oxygen atoms in total. The molecule has 0 aliphatic carbocycles. The monoisotopic (exact) mass is 233 g/mol. The molecule has 1 heterocycles. The molecule has 16 heavy (non-hydrogen) atoms. The quantitative estimate of drug-likeness (QED) is 0.564. The van der Waals surface area contributed by atoms with Crippen molar-refractivity contribution in [3.05, 3.63) is 29.1 Å². The van der Waals surface area contributed by atoms with Gasteiger partial charge in [0.15, 0.2) is 0 Å². The fraction of sp³-hybridized carbons (Fsp3) is 0.333. The van der Waals surface area contributed by atoms with E-state index in [1.807, 2.05) is 13.8 Å². The first kappa shape index (κ1) is 11.1. The minimum atomic E-state index is 0.918. The van der Waals surface area contributed by atoms with Gasteiger partial charge < -0.3 is 4.57 Å². The molecule has 0 unspecified atom stereocenters. The van der Waals surface area contributed by atoms with Crippen molar-refractivity contribution in [3.63, 3.8) is 0 Å². The summed E-state index contributed by atoms with van der Waals surface area (Å²) in [6.45, 7) is 6.95. The van der Waals surface area contributed by atoms with E-state index < -0.39 is 0 Å². The van der Waals surface area contributed by atoms with Gasteiger partial charge in [-0.15, -0.1) is 5.10 Å². The number of hydrogen-bond acceptors (Lipinski definition) is 3. The first-order chi connectivity index (χ1) is 7.72. The Hall–Kier alpha value is -1.42. The lowest BCUT2D eigenvalue weighted by Gasteiger charge is -1.98. The molecule has 0 spiro atoms. The van der Waals surface area contributed by atoms with E-state index in [9.17, 15) is 0 Å². The molecule has 1 aromatic carbocycles. The molecule has 1 aromatic heterocycles. The summed E-state index contributed by atoms with van der Waals surface area (Å²) in [5.74, 6) is 0. The number of rotatable bonds is 2. The van der Waals surface area contributed by atoms with Gasteiger partial charge in [-0.2, -0.15) is 5.10 Å². The summed E-state index contributed by atoms with van der Waals surface area (Å²) in [5.41, 5.74) is 2.21. The van der Waals surface area contributed by atoms with Gasteiger partial charge in [0.25, 0.3) is 0 Å². The van der Waals surface area contributed by atoms with Crippen LogP contribution in [0.25, 0.3) is 10.2 Å². The minimum Gasteiger partial charge on any atom is -0.315 e. The smallest absolute Gasteiger partial charge is 0.211 e. The van der Waals surface area contributed by atoms with Crippen LogP contribution in [0.15, 0.2) is 34.5 Å². The van der Waals surface area contributed by atoms with Crippen molar-refractivity contribution in [1.29, 1.82) is 0 Å². The molecule has 4 heteroatoms. The van der Waals surface area contributed by atoms with E-state index in [1.54, 1.807) is 11.3 Å². The highest BCUT2D eigenvalue weighted by Crippen LogP contribution is 2.16. The van der Waals surface area contributed by atoms with E-state index >= 15 is 0 Å². The summed E-state index contributed by atoms with van der Waals surface area (Å²) in [5, 5.41) is 8.41. The predicted octanol–water partition coefficient (Wildman–Crippen LogP) is 3.02. The molecule has 0 N–H and O–H groups in total. The van der Waals surface area contributed by atoms with Crippen molar-refractivity contribution in [3.8, 4) is 0 Å². The summed E-state index contributed by atoms with van der Waals surface area (Å²) >= 11 is 1.68. The van der Waals surface area contributed by atoms with Crippen molar-refractivity contribution in [1.82, 2.24) is 4.57 Å². The summed E-state index contributed by atoms with van der Waals surface area (Å²) < 4.78 is 3.44. The van der Waals surface area contributed by atoms with Crippen LogP contribution in [-0.4, -0.2) is 10.3 Å². The number of fused-ring (bicyclic) bond motifs is 1. The third-order valence-corrected chi connectivity index (χ3v) is 3.29. The first-order valence-corrected chi connectivity index (χ1v) is 6.17. The normalized spacial score (nSPS) is 12.1. The lowest BCUT2D eigenvalue weighted by molar-refractivity contribution is 0.756. The van der Waals surface area contributed by atoms with Gasteiger partial charge in [-0.25, -0.2) is 0 Å². The predicted molar refractivity (Wildman–Crippen MR) is 69.8 cm³/mol. The molecule has 0 atom stereocenters. The number of para-hydroxylation sites is 1. The van der Waals surface area contributed by atoms with Crippen LogP contribution < -0.4 is 4.80 Å². The molecule has 0 amide bonds. The van der Waals surface area contributed by atoms with Crippen LogP contribution in [0.3, 0.4) is 0 Å². The maximum absolute atomic E-state index is 4.28. The van der Waals surface area contributed by atoms with Crippen molar-refractivity contribution in [2.75, 3.05) is 0 Å². The molecular formula is C12H15N3S. The highest BCUT2D eigenvalue weighted by atomic mass is 32.1. The lowest BCUT2D eigenvalue weighted by Crippen LogP contribution is -2.12. The highest BCUT2D eigenvalue weighted by Gasteiger charge is 2.02. The second kappa shape index (κ2) is 4.61. The Labute approximate surface area is 98.8 Å². The Balaban J connectivity index is 2.70. The van der Waals surface area contributed by atoms with Gasteiger partial charge in [0, 0.05) is 12.3 Å². The summed E-state index contributed by atoms with van der Waals surface area (Å²) in [4.78, 5) is 0.963. The molecule has 0 aliphatic heterocycles. The molecule has 0 fully saturated rings. The van der Waals surface area contributed by atoms with Gasteiger partial charge in [-0.05, 0) is 32.9 Å². The van der Waals surface area contributed by atoms with Crippen LogP contribution in [0.4, 0.5) is 0 Å². The standard InChI is InChI=1S/C12H15N3S/c1-4-15-10-7-5-6-8-11(10)16-12(15)14-13-9(2)3/h5-8H,4H2,1-3H3. The van der Waals surface area contributed by atoms with Crippen molar-refractivity contribution in [2.45, 2.75) is 27.3 Å². The minimum absolute atomic E-state index is 0.918. The van der Waals surface area contributed by atoms with Crippen LogP contribution in [0, 0.1) is 0 Å². The molecular weight excluding hydrogens is 218 g/mol. The molecule has 2 aromatic rings. The van der Waals surface area contributed by atoms with Crippen molar-refractivity contribution >= 4 is 27.3 Å². The molecule has 0 saturated carbocycles. The fourth-order valence-corrected chi connectivity index (χ4v) is 2.59. The maximum Gasteiger partial charge on any atom is 0.211 e. The van der Waals surface area contributed by atoms with Crippen LogP contribution >= 0.6 is 11.3 Å². The Bertz CT molecular complexity index is 586. The van der Waals surface area contributed by atoms with E-state index in [2.05, 4.69) is 46.0 Å². The average molecular weight is 233 g/mol. The van der Waals surface area contributed by atoms with E-state index in [0.717, 1.165) is 17.1 Å². The fourth-order valence-electron chi connectivity index (χ4n) is 1.55. The first-order valence-electron chi connectivity index (χ1n) is 5.35. The average Bonchev–Trinajstić information content (AvgIpc) is 2.63. The van der Waals surface area contributed by atoms with Gasteiger partial charge >= 0.3 is 0 Å². The van der Waals surface area contributed by atoms with Crippen LogP contribution in [0.1, 0.15) is 20.8 Å². The second-order valence-electron chi connectivity index (χ2n) is 3.74. The van der Waals surface area contributed by atoms with Crippen molar-refractivity contribution < 1.29 is 0 Å². The zero-order valence-corrected chi connectivity index (χ0v) is 10.6. The van der Waals surface area contributed by atoms with Crippen LogP contribution in [0.2, 0.25) is 0 Å². The van der Waals surface area contributed by atoms with E-state index in [4.69, 9.17) is 0 Å². The van der Waals surface area contributed by atoms with Gasteiger partial charge in [-0.1, -0.05) is 23.5 Å². The number of aryl methyl sites for hydroxylation is 1. The second-order valence-corrected chi connectivity index (χ2v) is 4.75. The van der Waals surface area contributed by atoms with Crippen LogP contribution in [0.5, 0.6) is 0 Å². The molecule has 0 bridgehead atoms. The number of nitrogens with zero attached hydrogens (tertiary/aromatic N) is 3. The zero-order chi connectivity index (χ0) is 11.5. The molecule has 2 rings (SSSR count). The number of benzene rings is 1. The summed E-state index contributed by atoms with van der Waals surface area (Å²) in [7, 11) is 0. The van der Waals surface area contributed by atoms with Crippen molar-refractivity contribution in [2.24, 2.45) is 10.2 Å². The SMILES string of the molecule is CCn1c(=NN=C(C)C)sc2ccccc21. The molecule has 84 valence electrons. The third-order valence-electron chi connectivity index (χ3n) is 2.24. The summed E-state index contributed by atoms with van der Waals surface area (Å²) in [6.07, 6.45) is 0. The zero-order valence-electron chi connectivity index (χ0n) is 9.77. The number of aromatic nitrogens is 1. The maximum atomic E-state index is 4.28. The Kier molecular flexibility index (Phi) is 3.19. The lowest BCUT2D eigenvalue weighted by atomic mass is 10.3. The van der Waals surface area contributed by atoms with E-state index in [0.29, 0.717) is 0 Å². The van der Waals surface area contributed by atoms with E-state index in [1.165, 1.54) is 10.2 Å². The number of thiazole rings is 1. The van der Waals surface area contributed by atoms with Gasteiger partial charge in [0.2, 0.25) is 4.80 Å². The summed E-state index contributed by atoms with van der Waals surface area (Å²) in [6, 6.07) is 8.35. The third kappa shape index (κ3) is 2.07. The van der Waals surface area contributed by atoms with Gasteiger partial charge in [-0.3, -0.25) is 0 Å². The van der Waals surface area contributed by atoms with Crippen LogP contribution in [-0.2, 0) is 6.54 Å². The molecule has 0 saturated heterocycles. The van der Waals surface area contributed by atoms with Gasteiger partial charge in [0.1, 0.15) is 0 Å². The number of hydrogen-bond donors (Lipinski definition) is 0. The topological polar surface area (TPSA) is 29.6 Å². The Morgan fingerprint density at radius 2 is 2.06 bits per heavy atom. The largest absolute Gasteiger partial charge is 0.315 e. The molecule has 0 radical (unpaired) electrons.